The number of nitrogens with two attached hydrogens (primary N) is 2. The molecule has 0 spiro atoms. The first kappa shape index (κ1) is 22.7. The fourth-order valence-corrected chi connectivity index (χ4v) is 6.54. The molecule has 2 aliphatic carbocycles. The summed E-state index contributed by atoms with van der Waals surface area (Å²) in [7, 11) is 0. The molecule has 9 heteroatoms. The Morgan fingerprint density at radius 3 is 2.81 bits per heavy atom. The lowest BCUT2D eigenvalue weighted by atomic mass is 9.88. The summed E-state index contributed by atoms with van der Waals surface area (Å²) in [4.78, 5) is 21.6. The van der Waals surface area contributed by atoms with E-state index in [2.05, 4.69) is 49.7 Å². The average Bonchev–Trinajstić information content (AvgIpc) is 3.61. The van der Waals surface area contributed by atoms with Crippen LogP contribution in [0, 0.1) is 29.1 Å². The summed E-state index contributed by atoms with van der Waals surface area (Å²) in [5, 5.41) is 16.4. The van der Waals surface area contributed by atoms with E-state index in [9.17, 15) is 10.1 Å². The molecule has 0 radical (unpaired) electrons. The molecule has 2 bridgehead atoms. The van der Waals surface area contributed by atoms with Crippen LogP contribution >= 0.6 is 0 Å². The number of aromatic nitrogens is 1. The summed E-state index contributed by atoms with van der Waals surface area (Å²) in [6.45, 7) is 4.38. The molecule has 1 saturated carbocycles. The molecule has 1 unspecified atom stereocenters. The first-order valence-corrected chi connectivity index (χ1v) is 12.8. The van der Waals surface area contributed by atoms with Crippen LogP contribution in [0.3, 0.4) is 0 Å². The van der Waals surface area contributed by atoms with Crippen molar-refractivity contribution in [3.05, 3.63) is 48.2 Å². The predicted molar refractivity (Wildman–Crippen MR) is 141 cm³/mol. The predicted octanol–water partition coefficient (Wildman–Crippen LogP) is 2.65. The Morgan fingerprint density at radius 1 is 1.14 bits per heavy atom. The van der Waals surface area contributed by atoms with Gasteiger partial charge in [-0.25, -0.2) is 4.98 Å². The van der Waals surface area contributed by atoms with Crippen LogP contribution in [0.2, 0.25) is 0 Å². The number of nitriles is 1. The molecule has 2 saturated heterocycles. The number of carbonyl (C=O) groups excluding carboxylic acids is 1. The maximum Gasteiger partial charge on any atom is 0.223 e. The molecular formula is C27H32N8O. The number of amides is 1. The van der Waals surface area contributed by atoms with Gasteiger partial charge in [0.05, 0.1) is 28.5 Å². The largest absolute Gasteiger partial charge is 0.397 e. The molecule has 2 aromatic rings. The second kappa shape index (κ2) is 9.03. The van der Waals surface area contributed by atoms with E-state index in [0.29, 0.717) is 28.8 Å². The fourth-order valence-electron chi connectivity index (χ4n) is 6.54. The molecule has 5 atom stereocenters. The highest BCUT2D eigenvalue weighted by Gasteiger charge is 2.47. The van der Waals surface area contributed by atoms with Crippen molar-refractivity contribution in [1.29, 1.82) is 5.26 Å². The van der Waals surface area contributed by atoms with Crippen molar-refractivity contribution in [3.8, 4) is 6.07 Å². The van der Waals surface area contributed by atoms with E-state index in [-0.39, 0.29) is 29.7 Å². The van der Waals surface area contributed by atoms with Gasteiger partial charge in [0.1, 0.15) is 11.9 Å². The number of primary amides is 1. The lowest BCUT2D eigenvalue weighted by molar-refractivity contribution is -0.122. The van der Waals surface area contributed by atoms with E-state index in [0.717, 1.165) is 37.4 Å². The first-order valence-electron chi connectivity index (χ1n) is 12.8. The number of rotatable bonds is 6. The first-order chi connectivity index (χ1) is 17.5. The number of anilines is 5. The fraction of sp³-hybridized carbons (Fsp3) is 0.444. The van der Waals surface area contributed by atoms with Gasteiger partial charge in [0, 0.05) is 49.7 Å². The van der Waals surface area contributed by atoms with Gasteiger partial charge in [0.15, 0.2) is 0 Å². The van der Waals surface area contributed by atoms with Crippen LogP contribution < -0.4 is 27.0 Å². The van der Waals surface area contributed by atoms with E-state index < -0.39 is 0 Å². The molecule has 6 rings (SSSR count). The van der Waals surface area contributed by atoms with Crippen molar-refractivity contribution >= 4 is 34.5 Å². The van der Waals surface area contributed by atoms with Crippen LogP contribution in [0.25, 0.3) is 0 Å². The lowest BCUT2D eigenvalue weighted by Gasteiger charge is -2.39. The van der Waals surface area contributed by atoms with Crippen molar-refractivity contribution < 1.29 is 4.79 Å². The van der Waals surface area contributed by atoms with E-state index in [1.54, 1.807) is 12.3 Å². The Bertz CT molecular complexity index is 1250. The summed E-state index contributed by atoms with van der Waals surface area (Å²) >= 11 is 0. The molecule has 186 valence electrons. The summed E-state index contributed by atoms with van der Waals surface area (Å²) in [6, 6.07) is 10.6. The molecule has 1 aromatic heterocycles. The van der Waals surface area contributed by atoms with Crippen molar-refractivity contribution in [2.24, 2.45) is 23.5 Å². The van der Waals surface area contributed by atoms with E-state index in [4.69, 9.17) is 11.5 Å². The number of nitrogen functional groups attached to an aromatic ring is 1. The minimum atomic E-state index is -0.308. The molecule has 1 amide bonds. The quantitative estimate of drug-likeness (QED) is 0.363. The van der Waals surface area contributed by atoms with Crippen molar-refractivity contribution in [2.75, 3.05) is 47.4 Å². The molecule has 1 aromatic carbocycles. The van der Waals surface area contributed by atoms with Gasteiger partial charge in [-0.1, -0.05) is 12.2 Å². The Hall–Kier alpha value is -3.77. The molecular weight excluding hydrogens is 452 g/mol. The van der Waals surface area contributed by atoms with Gasteiger partial charge in [-0.05, 0) is 55.8 Å². The molecule has 4 aliphatic rings. The highest BCUT2D eigenvalue weighted by Crippen LogP contribution is 2.45. The van der Waals surface area contributed by atoms with Crippen molar-refractivity contribution in [1.82, 2.24) is 9.88 Å². The maximum atomic E-state index is 12.1. The number of hydrogen-bond donors (Lipinski definition) is 4. The van der Waals surface area contributed by atoms with Crippen LogP contribution in [0.4, 0.5) is 28.6 Å². The number of nitrogens with zero attached hydrogens (tertiary/aromatic N) is 4. The minimum Gasteiger partial charge on any atom is -0.397 e. The van der Waals surface area contributed by atoms with Gasteiger partial charge in [0.25, 0.3) is 0 Å². The van der Waals surface area contributed by atoms with Gasteiger partial charge in [-0.15, -0.1) is 0 Å². The summed E-state index contributed by atoms with van der Waals surface area (Å²) in [5.74, 6) is 0.357. The lowest BCUT2D eigenvalue weighted by Crippen LogP contribution is -2.50. The number of allylic oxidation sites excluding steroid dienone is 1. The second-order valence-corrected chi connectivity index (χ2v) is 10.4. The van der Waals surface area contributed by atoms with Gasteiger partial charge < -0.3 is 27.0 Å². The number of carbonyl (C=O) groups is 1. The van der Waals surface area contributed by atoms with Gasteiger partial charge in [-0.3, -0.25) is 9.69 Å². The van der Waals surface area contributed by atoms with Crippen LogP contribution in [0.1, 0.15) is 24.8 Å². The normalized spacial score (nSPS) is 28.6. The standard InChI is InChI=1S/C27H32N8O/c28-13-18-14-31-24(12-23(18)33-26-17-4-3-16(10-17)25(26)27(30)36)32-22-6-5-19(11-21(22)29)35-9-8-34-7-1-2-20(34)15-35/h3-6,11-12,14,16-17,20,25-26H,1-2,7-10,15,29H2,(H2,30,36)(H2,31,32,33)/t16-,17+,20?,25+,26-/m1/s1. The van der Waals surface area contributed by atoms with E-state index >= 15 is 0 Å². The second-order valence-electron chi connectivity index (χ2n) is 10.4. The zero-order chi connectivity index (χ0) is 24.8. The maximum absolute atomic E-state index is 12.1. The SMILES string of the molecule is N#Cc1cnc(Nc2ccc(N3CCN4CCCC4C3)cc2N)cc1N[C@H]1[C@@H](C(N)=O)[C@@H]2C=C[C@H]1C2. The van der Waals surface area contributed by atoms with Crippen LogP contribution in [-0.2, 0) is 4.79 Å². The highest BCUT2D eigenvalue weighted by molar-refractivity contribution is 5.80. The summed E-state index contributed by atoms with van der Waals surface area (Å²) in [6.07, 6.45) is 9.23. The van der Waals surface area contributed by atoms with Crippen LogP contribution in [-0.4, -0.2) is 54.1 Å². The van der Waals surface area contributed by atoms with Crippen LogP contribution in [0.15, 0.2) is 42.6 Å². The number of fused-ring (bicyclic) bond motifs is 3. The Morgan fingerprint density at radius 2 is 2.00 bits per heavy atom. The van der Waals surface area contributed by atoms with Crippen LogP contribution in [0.5, 0.6) is 0 Å². The molecule has 3 heterocycles. The molecule has 9 nitrogen and oxygen atoms in total. The van der Waals surface area contributed by atoms with Gasteiger partial charge >= 0.3 is 0 Å². The summed E-state index contributed by atoms with van der Waals surface area (Å²) in [5.41, 5.74) is 15.8. The zero-order valence-electron chi connectivity index (χ0n) is 20.2. The molecule has 36 heavy (non-hydrogen) atoms. The minimum absolute atomic E-state index is 0.135. The zero-order valence-corrected chi connectivity index (χ0v) is 20.2. The van der Waals surface area contributed by atoms with E-state index in [1.807, 2.05) is 12.1 Å². The number of piperazine rings is 1. The summed E-state index contributed by atoms with van der Waals surface area (Å²) < 4.78 is 0. The third-order valence-electron chi connectivity index (χ3n) is 8.38. The monoisotopic (exact) mass is 484 g/mol. The number of hydrogen-bond acceptors (Lipinski definition) is 8. The number of benzene rings is 1. The Labute approximate surface area is 211 Å². The number of nitrogens with one attached hydrogen (secondary N) is 2. The van der Waals surface area contributed by atoms with Gasteiger partial charge in [-0.2, -0.15) is 5.26 Å². The average molecular weight is 485 g/mol. The third-order valence-corrected chi connectivity index (χ3v) is 8.38. The molecule has 6 N–H and O–H groups in total. The molecule has 3 fully saturated rings. The molecule has 2 aliphatic heterocycles. The smallest absolute Gasteiger partial charge is 0.223 e. The number of pyridine rings is 1. The Balaban J connectivity index is 1.19. The van der Waals surface area contributed by atoms with Gasteiger partial charge in [0.2, 0.25) is 5.91 Å². The van der Waals surface area contributed by atoms with Crippen molar-refractivity contribution in [2.45, 2.75) is 31.3 Å². The topological polar surface area (TPSA) is 136 Å². The van der Waals surface area contributed by atoms with Crippen molar-refractivity contribution in [3.63, 3.8) is 0 Å². The van der Waals surface area contributed by atoms with E-state index in [1.165, 1.54) is 19.4 Å². The Kier molecular flexibility index (Phi) is 5.69. The third kappa shape index (κ3) is 4.01. The highest BCUT2D eigenvalue weighted by atomic mass is 16.1.